The third-order valence-corrected chi connectivity index (χ3v) is 4.87. The first-order valence-electron chi connectivity index (χ1n) is 8.00. The molecule has 128 valence electrons. The van der Waals surface area contributed by atoms with Gasteiger partial charge in [0.2, 0.25) is 0 Å². The van der Waals surface area contributed by atoms with Crippen LogP contribution in [0.2, 0.25) is 0 Å². The SMILES string of the molecule is COCc1ccc(CNC(=O)N2CCN(c3nccs3)CC2)cc1. The van der Waals surface area contributed by atoms with E-state index in [-0.39, 0.29) is 6.03 Å². The van der Waals surface area contributed by atoms with E-state index in [0.29, 0.717) is 13.2 Å². The van der Waals surface area contributed by atoms with Gasteiger partial charge in [0.15, 0.2) is 5.13 Å². The van der Waals surface area contributed by atoms with Crippen LogP contribution < -0.4 is 10.2 Å². The summed E-state index contributed by atoms with van der Waals surface area (Å²) < 4.78 is 5.10. The van der Waals surface area contributed by atoms with Gasteiger partial charge >= 0.3 is 6.03 Å². The van der Waals surface area contributed by atoms with Gasteiger partial charge in [0.1, 0.15) is 0 Å². The zero-order valence-electron chi connectivity index (χ0n) is 13.8. The van der Waals surface area contributed by atoms with E-state index in [0.717, 1.165) is 42.4 Å². The van der Waals surface area contributed by atoms with E-state index in [9.17, 15) is 4.79 Å². The molecule has 0 spiro atoms. The van der Waals surface area contributed by atoms with E-state index in [1.54, 1.807) is 18.4 Å². The highest BCUT2D eigenvalue weighted by Crippen LogP contribution is 2.18. The van der Waals surface area contributed by atoms with Crippen molar-refractivity contribution in [3.63, 3.8) is 0 Å². The van der Waals surface area contributed by atoms with Gasteiger partial charge in [0, 0.05) is 51.4 Å². The average molecular weight is 346 g/mol. The molecule has 0 saturated carbocycles. The predicted octanol–water partition coefficient (Wildman–Crippen LogP) is 2.32. The van der Waals surface area contributed by atoms with Gasteiger partial charge in [-0.25, -0.2) is 9.78 Å². The van der Waals surface area contributed by atoms with E-state index in [4.69, 9.17) is 4.74 Å². The van der Waals surface area contributed by atoms with Crippen molar-refractivity contribution < 1.29 is 9.53 Å². The molecule has 6 nitrogen and oxygen atoms in total. The summed E-state index contributed by atoms with van der Waals surface area (Å²) in [4.78, 5) is 20.7. The van der Waals surface area contributed by atoms with Gasteiger partial charge < -0.3 is 19.9 Å². The fraction of sp³-hybridized carbons (Fsp3) is 0.412. The van der Waals surface area contributed by atoms with Crippen molar-refractivity contribution >= 4 is 22.5 Å². The van der Waals surface area contributed by atoms with Gasteiger partial charge in [-0.3, -0.25) is 0 Å². The van der Waals surface area contributed by atoms with Crippen LogP contribution in [0.15, 0.2) is 35.8 Å². The van der Waals surface area contributed by atoms with Crippen LogP contribution in [0.3, 0.4) is 0 Å². The number of anilines is 1. The average Bonchev–Trinajstić information content (AvgIpc) is 3.16. The van der Waals surface area contributed by atoms with Crippen molar-refractivity contribution in [3.8, 4) is 0 Å². The molecule has 2 heterocycles. The lowest BCUT2D eigenvalue weighted by Crippen LogP contribution is -2.51. The molecule has 0 aliphatic carbocycles. The minimum Gasteiger partial charge on any atom is -0.380 e. The maximum absolute atomic E-state index is 12.3. The molecule has 3 rings (SSSR count). The number of ether oxygens (including phenoxy) is 1. The number of hydrogen-bond donors (Lipinski definition) is 1. The van der Waals surface area contributed by atoms with E-state index in [1.807, 2.05) is 40.7 Å². The number of benzene rings is 1. The number of aromatic nitrogens is 1. The maximum Gasteiger partial charge on any atom is 0.317 e. The van der Waals surface area contributed by atoms with Crippen LogP contribution >= 0.6 is 11.3 Å². The Labute approximate surface area is 146 Å². The number of methoxy groups -OCH3 is 1. The van der Waals surface area contributed by atoms with E-state index < -0.39 is 0 Å². The topological polar surface area (TPSA) is 57.7 Å². The Kier molecular flexibility index (Phi) is 5.66. The quantitative estimate of drug-likeness (QED) is 0.903. The highest BCUT2D eigenvalue weighted by Gasteiger charge is 2.22. The van der Waals surface area contributed by atoms with E-state index >= 15 is 0 Å². The molecule has 0 unspecified atom stereocenters. The first kappa shape index (κ1) is 16.7. The third-order valence-electron chi connectivity index (χ3n) is 4.03. The Morgan fingerprint density at radius 2 is 1.92 bits per heavy atom. The van der Waals surface area contributed by atoms with E-state index in [1.165, 1.54) is 0 Å². The highest BCUT2D eigenvalue weighted by atomic mass is 32.1. The van der Waals surface area contributed by atoms with Crippen LogP contribution in [0, 0.1) is 0 Å². The standard InChI is InChI=1S/C17H22N4O2S/c1-23-13-15-4-2-14(3-5-15)12-19-16(22)20-7-9-21(10-8-20)17-18-6-11-24-17/h2-6,11H,7-10,12-13H2,1H3,(H,19,22). The monoisotopic (exact) mass is 346 g/mol. The van der Waals surface area contributed by atoms with Gasteiger partial charge in [-0.15, -0.1) is 11.3 Å². The summed E-state index contributed by atoms with van der Waals surface area (Å²) in [7, 11) is 1.68. The minimum absolute atomic E-state index is 0.00485. The number of nitrogens with zero attached hydrogens (tertiary/aromatic N) is 3. The van der Waals surface area contributed by atoms with Crippen molar-refractivity contribution in [2.75, 3.05) is 38.2 Å². The molecule has 2 amide bonds. The predicted molar refractivity (Wildman–Crippen MR) is 95.3 cm³/mol. The summed E-state index contributed by atoms with van der Waals surface area (Å²) in [5, 5.41) is 6.01. The fourth-order valence-corrected chi connectivity index (χ4v) is 3.38. The Bertz CT molecular complexity index is 637. The molecule has 0 atom stereocenters. The Balaban J connectivity index is 1.44. The van der Waals surface area contributed by atoms with E-state index in [2.05, 4.69) is 15.2 Å². The molecule has 1 saturated heterocycles. The normalized spacial score (nSPS) is 14.7. The summed E-state index contributed by atoms with van der Waals surface area (Å²) in [5.41, 5.74) is 2.22. The summed E-state index contributed by atoms with van der Waals surface area (Å²) in [6.07, 6.45) is 1.82. The van der Waals surface area contributed by atoms with Crippen LogP contribution in [0.4, 0.5) is 9.93 Å². The molecular formula is C17H22N4O2S. The van der Waals surface area contributed by atoms with Crippen LogP contribution in [-0.4, -0.2) is 49.2 Å². The first-order valence-corrected chi connectivity index (χ1v) is 8.88. The Hall–Kier alpha value is -2.12. The number of urea groups is 1. The number of carbonyl (C=O) groups excluding carboxylic acids is 1. The molecule has 7 heteroatoms. The number of nitrogens with one attached hydrogen (secondary N) is 1. The molecule has 0 radical (unpaired) electrons. The molecule has 24 heavy (non-hydrogen) atoms. The number of piperazine rings is 1. The molecular weight excluding hydrogens is 324 g/mol. The van der Waals surface area contributed by atoms with Gasteiger partial charge in [0.25, 0.3) is 0 Å². The molecule has 0 bridgehead atoms. The lowest BCUT2D eigenvalue weighted by molar-refractivity contribution is 0.185. The molecule has 1 aromatic heterocycles. The number of rotatable bonds is 5. The lowest BCUT2D eigenvalue weighted by atomic mass is 10.1. The number of hydrogen-bond acceptors (Lipinski definition) is 5. The van der Waals surface area contributed by atoms with Gasteiger partial charge in [-0.2, -0.15) is 0 Å². The second kappa shape index (κ2) is 8.12. The molecule has 1 aromatic carbocycles. The molecule has 1 aliphatic rings. The maximum atomic E-state index is 12.3. The van der Waals surface area contributed by atoms with Gasteiger partial charge in [-0.1, -0.05) is 24.3 Å². The second-order valence-electron chi connectivity index (χ2n) is 5.70. The highest BCUT2D eigenvalue weighted by molar-refractivity contribution is 7.13. The summed E-state index contributed by atoms with van der Waals surface area (Å²) >= 11 is 1.64. The summed E-state index contributed by atoms with van der Waals surface area (Å²) in [6.45, 7) is 4.24. The fourth-order valence-electron chi connectivity index (χ4n) is 2.68. The van der Waals surface area contributed by atoms with Crippen molar-refractivity contribution in [3.05, 3.63) is 47.0 Å². The van der Waals surface area contributed by atoms with Crippen LogP contribution in [-0.2, 0) is 17.9 Å². The largest absolute Gasteiger partial charge is 0.380 e. The zero-order chi connectivity index (χ0) is 16.8. The van der Waals surface area contributed by atoms with Crippen molar-refractivity contribution in [2.24, 2.45) is 0 Å². The van der Waals surface area contributed by atoms with Crippen LogP contribution in [0.5, 0.6) is 0 Å². The lowest BCUT2D eigenvalue weighted by Gasteiger charge is -2.34. The van der Waals surface area contributed by atoms with Crippen LogP contribution in [0.1, 0.15) is 11.1 Å². The summed E-state index contributed by atoms with van der Waals surface area (Å²) in [5.74, 6) is 0. The zero-order valence-corrected chi connectivity index (χ0v) is 14.6. The second-order valence-corrected chi connectivity index (χ2v) is 6.57. The number of carbonyl (C=O) groups is 1. The molecule has 1 aliphatic heterocycles. The minimum atomic E-state index is -0.00485. The Morgan fingerprint density at radius 1 is 1.21 bits per heavy atom. The van der Waals surface area contributed by atoms with Crippen molar-refractivity contribution in [2.45, 2.75) is 13.2 Å². The molecule has 1 fully saturated rings. The first-order chi connectivity index (χ1) is 11.8. The van der Waals surface area contributed by atoms with Crippen molar-refractivity contribution in [1.82, 2.24) is 15.2 Å². The van der Waals surface area contributed by atoms with Gasteiger partial charge in [0.05, 0.1) is 6.61 Å². The smallest absolute Gasteiger partial charge is 0.317 e. The van der Waals surface area contributed by atoms with Crippen LogP contribution in [0.25, 0.3) is 0 Å². The number of thiazole rings is 1. The number of amides is 2. The summed E-state index contributed by atoms with van der Waals surface area (Å²) in [6, 6.07) is 8.09. The third kappa shape index (κ3) is 4.24. The molecule has 1 N–H and O–H groups in total. The van der Waals surface area contributed by atoms with Gasteiger partial charge in [-0.05, 0) is 11.1 Å². The Morgan fingerprint density at radius 3 is 2.54 bits per heavy atom. The van der Waals surface area contributed by atoms with Crippen molar-refractivity contribution in [1.29, 1.82) is 0 Å². The molecule has 2 aromatic rings.